The van der Waals surface area contributed by atoms with Crippen molar-refractivity contribution in [3.8, 4) is 0 Å². The Hall–Kier alpha value is -0.300. The highest BCUT2D eigenvalue weighted by molar-refractivity contribution is 5.11. The maximum Gasteiger partial charge on any atom is 0.0785 e. The minimum absolute atomic E-state index is 0.510. The smallest absolute Gasteiger partial charge is 0.0785 e. The summed E-state index contributed by atoms with van der Waals surface area (Å²) in [6, 6.07) is 0. The molecule has 1 heteroatoms. The zero-order chi connectivity index (χ0) is 7.52. The van der Waals surface area contributed by atoms with Crippen molar-refractivity contribution in [1.82, 2.24) is 0 Å². The highest BCUT2D eigenvalue weighted by atomic mass is 16.5. The van der Waals surface area contributed by atoms with Crippen LogP contribution in [0.5, 0.6) is 0 Å². The van der Waals surface area contributed by atoms with Crippen LogP contribution in [0, 0.1) is 0 Å². The molecule has 11 heavy (non-hydrogen) atoms. The maximum atomic E-state index is 5.62. The van der Waals surface area contributed by atoms with Gasteiger partial charge in [0.1, 0.15) is 0 Å². The van der Waals surface area contributed by atoms with E-state index in [9.17, 15) is 0 Å². The first-order valence-corrected chi connectivity index (χ1v) is 4.77. The van der Waals surface area contributed by atoms with Crippen LogP contribution in [-0.4, -0.2) is 12.7 Å². The molecule has 1 nitrogen and oxygen atoms in total. The molecule has 0 aromatic heterocycles. The molecule has 1 atom stereocenters. The highest BCUT2D eigenvalue weighted by Crippen LogP contribution is 2.27. The molecule has 0 amide bonds. The minimum atomic E-state index is 0.510. The van der Waals surface area contributed by atoms with Crippen LogP contribution in [0.4, 0.5) is 0 Å². The third-order valence-corrected chi connectivity index (χ3v) is 2.67. The molecule has 0 unspecified atom stereocenters. The van der Waals surface area contributed by atoms with E-state index in [1.165, 1.54) is 38.5 Å². The van der Waals surface area contributed by atoms with E-state index in [1.54, 1.807) is 5.57 Å². The maximum absolute atomic E-state index is 5.62. The molecule has 0 radical (unpaired) electrons. The lowest BCUT2D eigenvalue weighted by molar-refractivity contribution is 0.133. The quantitative estimate of drug-likeness (QED) is 0.525. The average Bonchev–Trinajstić information content (AvgIpc) is 2.58. The summed E-state index contributed by atoms with van der Waals surface area (Å²) >= 11 is 0. The van der Waals surface area contributed by atoms with Crippen molar-refractivity contribution >= 4 is 0 Å². The summed E-state index contributed by atoms with van der Waals surface area (Å²) in [7, 11) is 0. The first kappa shape index (κ1) is 7.35. The first-order valence-electron chi connectivity index (χ1n) is 4.77. The monoisotopic (exact) mass is 152 g/mol. The lowest BCUT2D eigenvalue weighted by atomic mass is 9.94. The summed E-state index contributed by atoms with van der Waals surface area (Å²) in [5.74, 6) is 0. The van der Waals surface area contributed by atoms with Gasteiger partial charge in [0.2, 0.25) is 0 Å². The van der Waals surface area contributed by atoms with Crippen LogP contribution >= 0.6 is 0 Å². The zero-order valence-corrected chi connectivity index (χ0v) is 7.01. The standard InChI is InChI=1S/C10H16O/c1-2-5-9(6-3-1)10-7-4-8-11-10/h5,10H,1-4,6-8H2/t10-/m1/s1. The van der Waals surface area contributed by atoms with Gasteiger partial charge in [-0.3, -0.25) is 0 Å². The Labute approximate surface area is 68.4 Å². The van der Waals surface area contributed by atoms with Gasteiger partial charge in [-0.25, -0.2) is 0 Å². The first-order chi connectivity index (χ1) is 5.47. The number of hydrogen-bond acceptors (Lipinski definition) is 1. The summed E-state index contributed by atoms with van der Waals surface area (Å²) in [4.78, 5) is 0. The lowest BCUT2D eigenvalue weighted by Crippen LogP contribution is -2.10. The molecular formula is C10H16O. The third kappa shape index (κ3) is 1.64. The van der Waals surface area contributed by atoms with Gasteiger partial charge in [-0.2, -0.15) is 0 Å². The van der Waals surface area contributed by atoms with Crippen molar-refractivity contribution in [2.75, 3.05) is 6.61 Å². The molecular weight excluding hydrogens is 136 g/mol. The van der Waals surface area contributed by atoms with Gasteiger partial charge in [-0.05, 0) is 44.1 Å². The predicted octanol–water partition coefficient (Wildman–Crippen LogP) is 2.67. The third-order valence-electron chi connectivity index (χ3n) is 2.67. The molecule has 0 spiro atoms. The van der Waals surface area contributed by atoms with Gasteiger partial charge in [-0.15, -0.1) is 0 Å². The normalized spacial score (nSPS) is 32.0. The molecule has 1 fully saturated rings. The molecule has 0 aromatic rings. The molecule has 1 heterocycles. The van der Waals surface area contributed by atoms with Gasteiger partial charge in [0.05, 0.1) is 6.10 Å². The molecule has 0 bridgehead atoms. The van der Waals surface area contributed by atoms with E-state index in [4.69, 9.17) is 4.74 Å². The van der Waals surface area contributed by atoms with Crippen LogP contribution in [0.15, 0.2) is 11.6 Å². The van der Waals surface area contributed by atoms with Crippen LogP contribution in [0.3, 0.4) is 0 Å². The Balaban J connectivity index is 1.96. The van der Waals surface area contributed by atoms with Gasteiger partial charge < -0.3 is 4.74 Å². The fraction of sp³-hybridized carbons (Fsp3) is 0.800. The second kappa shape index (κ2) is 3.40. The Morgan fingerprint density at radius 2 is 2.27 bits per heavy atom. The molecule has 2 aliphatic rings. The van der Waals surface area contributed by atoms with Crippen molar-refractivity contribution in [1.29, 1.82) is 0 Å². The van der Waals surface area contributed by atoms with Crippen molar-refractivity contribution in [2.45, 2.75) is 44.6 Å². The molecule has 1 aliphatic carbocycles. The number of hydrogen-bond donors (Lipinski definition) is 0. The van der Waals surface area contributed by atoms with Gasteiger partial charge in [0, 0.05) is 6.61 Å². The molecule has 62 valence electrons. The van der Waals surface area contributed by atoms with Crippen LogP contribution in [0.25, 0.3) is 0 Å². The summed E-state index contributed by atoms with van der Waals surface area (Å²) < 4.78 is 5.62. The average molecular weight is 152 g/mol. The van der Waals surface area contributed by atoms with E-state index < -0.39 is 0 Å². The summed E-state index contributed by atoms with van der Waals surface area (Å²) in [5, 5.41) is 0. The fourth-order valence-electron chi connectivity index (χ4n) is 2.03. The lowest BCUT2D eigenvalue weighted by Gasteiger charge is -2.17. The van der Waals surface area contributed by atoms with Gasteiger partial charge in [0.25, 0.3) is 0 Å². The largest absolute Gasteiger partial charge is 0.374 e. The summed E-state index contributed by atoms with van der Waals surface area (Å²) in [6.45, 7) is 0.988. The molecule has 0 aromatic carbocycles. The molecule has 1 aliphatic heterocycles. The second-order valence-electron chi connectivity index (χ2n) is 3.53. The fourth-order valence-corrected chi connectivity index (χ4v) is 2.03. The van der Waals surface area contributed by atoms with Gasteiger partial charge in [-0.1, -0.05) is 6.08 Å². The van der Waals surface area contributed by atoms with E-state index >= 15 is 0 Å². The molecule has 2 rings (SSSR count). The highest BCUT2D eigenvalue weighted by Gasteiger charge is 2.20. The summed E-state index contributed by atoms with van der Waals surface area (Å²) in [5.41, 5.74) is 1.59. The topological polar surface area (TPSA) is 9.23 Å². The van der Waals surface area contributed by atoms with Gasteiger partial charge >= 0.3 is 0 Å². The van der Waals surface area contributed by atoms with Crippen LogP contribution in [-0.2, 0) is 4.74 Å². The Morgan fingerprint density at radius 1 is 1.27 bits per heavy atom. The van der Waals surface area contributed by atoms with E-state index in [1.807, 2.05) is 0 Å². The van der Waals surface area contributed by atoms with Crippen molar-refractivity contribution in [3.05, 3.63) is 11.6 Å². The van der Waals surface area contributed by atoms with E-state index in [2.05, 4.69) is 6.08 Å². The summed E-state index contributed by atoms with van der Waals surface area (Å²) in [6.07, 6.45) is 10.8. The van der Waals surface area contributed by atoms with Crippen LogP contribution in [0.2, 0.25) is 0 Å². The Morgan fingerprint density at radius 3 is 2.91 bits per heavy atom. The van der Waals surface area contributed by atoms with E-state index in [0.717, 1.165) is 6.61 Å². The van der Waals surface area contributed by atoms with Crippen LogP contribution < -0.4 is 0 Å². The number of ether oxygens (including phenoxy) is 1. The van der Waals surface area contributed by atoms with Crippen molar-refractivity contribution in [3.63, 3.8) is 0 Å². The van der Waals surface area contributed by atoms with Crippen molar-refractivity contribution in [2.24, 2.45) is 0 Å². The van der Waals surface area contributed by atoms with E-state index in [0.29, 0.717) is 6.10 Å². The van der Waals surface area contributed by atoms with Crippen molar-refractivity contribution < 1.29 is 4.74 Å². The molecule has 0 saturated carbocycles. The Bertz CT molecular complexity index is 154. The van der Waals surface area contributed by atoms with Gasteiger partial charge in [0.15, 0.2) is 0 Å². The Kier molecular flexibility index (Phi) is 2.27. The second-order valence-corrected chi connectivity index (χ2v) is 3.53. The minimum Gasteiger partial charge on any atom is -0.374 e. The predicted molar refractivity (Wildman–Crippen MR) is 45.5 cm³/mol. The number of allylic oxidation sites excluding steroid dienone is 1. The molecule has 1 saturated heterocycles. The number of rotatable bonds is 1. The SMILES string of the molecule is C1=C([C@H]2CCCO2)CCCC1. The molecule has 0 N–H and O–H groups in total. The zero-order valence-electron chi connectivity index (χ0n) is 7.01. The van der Waals surface area contributed by atoms with Crippen LogP contribution in [0.1, 0.15) is 38.5 Å². The van der Waals surface area contributed by atoms with E-state index in [-0.39, 0.29) is 0 Å².